The summed E-state index contributed by atoms with van der Waals surface area (Å²) in [6.07, 6.45) is 7.86. The first-order valence-corrected chi connectivity index (χ1v) is 37.7. The summed E-state index contributed by atoms with van der Waals surface area (Å²) in [5, 5.41) is 13.8. The van der Waals surface area contributed by atoms with Crippen molar-refractivity contribution in [1.82, 2.24) is 30.2 Å². The number of nitrogens with zero attached hydrogens (tertiary/aromatic N) is 4. The van der Waals surface area contributed by atoms with Crippen molar-refractivity contribution >= 4 is 84.5 Å². The third-order valence-corrected chi connectivity index (χ3v) is 17.1. The van der Waals surface area contributed by atoms with E-state index >= 15 is 0 Å². The monoisotopic (exact) mass is 1670 g/mol. The number of amides is 6. The SMILES string of the molecule is CC(C)(C)OC(=O)NC/C(=C\F)COc1ccc2c(c1)CCN(CC(=O)O)C2=O.CCCCOC(=O)CN1CCc2cc(OC/C(=C/F)CN)ccc2C1=O.CCCCOC(=O)CN1CCc2cc(OC/C(=C/F)CN)ccc2C1=O.CCCCOC(=O)CN1CCc2cc(OC/C(=C/F)CNC(=O)OC(C)(C)C)ccc2C1=O.Cl.Cl. The van der Waals surface area contributed by atoms with Crippen LogP contribution in [0.4, 0.5) is 27.2 Å². The summed E-state index contributed by atoms with van der Waals surface area (Å²) in [7, 11) is 0. The fourth-order valence-corrected chi connectivity index (χ4v) is 11.0. The molecule has 4 aromatic carbocycles. The molecular weight excluding hydrogens is 1560 g/mol. The third-order valence-electron chi connectivity index (χ3n) is 17.1. The Kier molecular flexibility index (Phi) is 44.3. The molecule has 4 aliphatic heterocycles. The van der Waals surface area contributed by atoms with E-state index in [4.69, 9.17) is 59.2 Å². The molecule has 116 heavy (non-hydrogen) atoms. The lowest BCUT2D eigenvalue weighted by Gasteiger charge is -2.28. The molecule has 0 fully saturated rings. The van der Waals surface area contributed by atoms with Crippen molar-refractivity contribution in [2.24, 2.45) is 11.5 Å². The molecule has 0 saturated carbocycles. The van der Waals surface area contributed by atoms with Gasteiger partial charge in [-0.3, -0.25) is 38.4 Å². The van der Waals surface area contributed by atoms with Crippen LogP contribution in [-0.4, -0.2) is 220 Å². The highest BCUT2D eigenvalue weighted by atomic mass is 35.5. The van der Waals surface area contributed by atoms with Crippen LogP contribution in [0.15, 0.2) is 120 Å². The Bertz CT molecular complexity index is 3960. The second kappa shape index (κ2) is 51.5. The number of benzene rings is 4. The van der Waals surface area contributed by atoms with Crippen molar-refractivity contribution in [3.8, 4) is 23.0 Å². The van der Waals surface area contributed by atoms with Crippen molar-refractivity contribution in [1.29, 1.82) is 0 Å². The first kappa shape index (κ1) is 99.8. The number of alkyl carbamates (subject to hydrolysis) is 2. The third kappa shape index (κ3) is 34.9. The summed E-state index contributed by atoms with van der Waals surface area (Å²) in [5.41, 5.74) is 15.9. The molecule has 4 aliphatic rings. The lowest BCUT2D eigenvalue weighted by atomic mass is 9.98. The van der Waals surface area contributed by atoms with Gasteiger partial charge in [-0.1, -0.05) is 40.0 Å². The van der Waals surface area contributed by atoms with Crippen molar-refractivity contribution in [2.75, 3.05) is 125 Å². The molecule has 7 N–H and O–H groups in total. The van der Waals surface area contributed by atoms with Gasteiger partial charge in [0.1, 0.15) is 86.8 Å². The molecule has 8 rings (SSSR count). The van der Waals surface area contributed by atoms with Gasteiger partial charge in [0.15, 0.2) is 0 Å². The number of carboxylic acids is 1. The van der Waals surface area contributed by atoms with Gasteiger partial charge in [-0.05, 0) is 182 Å². The molecule has 28 nitrogen and oxygen atoms in total. The van der Waals surface area contributed by atoms with E-state index in [0.717, 1.165) is 60.8 Å². The summed E-state index contributed by atoms with van der Waals surface area (Å²) < 4.78 is 99.1. The highest BCUT2D eigenvalue weighted by Crippen LogP contribution is 2.29. The first-order chi connectivity index (χ1) is 54.4. The molecule has 4 aromatic rings. The average Bonchev–Trinajstić information content (AvgIpc) is 0.820. The Hall–Kier alpha value is -10.4. The molecular formula is C82H110Cl2F4N8O20. The topological polar surface area (TPSA) is 363 Å². The van der Waals surface area contributed by atoms with E-state index in [-0.39, 0.29) is 150 Å². The number of nitrogens with two attached hydrogens (primary N) is 2. The van der Waals surface area contributed by atoms with E-state index in [1.807, 2.05) is 20.8 Å². The molecule has 6 amide bonds. The van der Waals surface area contributed by atoms with Crippen LogP contribution < -0.4 is 41.0 Å². The Labute approximate surface area is 686 Å². The quantitative estimate of drug-likeness (QED) is 0.0124. The molecule has 4 heterocycles. The van der Waals surface area contributed by atoms with Gasteiger partial charge >= 0.3 is 36.1 Å². The van der Waals surface area contributed by atoms with E-state index in [1.54, 1.807) is 114 Å². The Morgan fingerprint density at radius 3 is 0.897 bits per heavy atom. The zero-order chi connectivity index (χ0) is 83.9. The lowest BCUT2D eigenvalue weighted by Crippen LogP contribution is -2.41. The van der Waals surface area contributed by atoms with Crippen LogP contribution in [0.1, 0.15) is 165 Å². The smallest absolute Gasteiger partial charge is 0.407 e. The number of nitrogens with one attached hydrogen (secondary N) is 2. The molecule has 0 saturated heterocycles. The maximum absolute atomic E-state index is 13.2. The molecule has 0 atom stereocenters. The number of carbonyl (C=O) groups is 10. The fourth-order valence-electron chi connectivity index (χ4n) is 11.0. The number of hydrogen-bond acceptors (Lipinski definition) is 21. The summed E-state index contributed by atoms with van der Waals surface area (Å²) in [5.74, 6) is -1.19. The number of rotatable bonds is 35. The number of fused-ring (bicyclic) bond motifs is 4. The summed E-state index contributed by atoms with van der Waals surface area (Å²) in [4.78, 5) is 126. The van der Waals surface area contributed by atoms with Crippen LogP contribution >= 0.6 is 24.8 Å². The van der Waals surface area contributed by atoms with E-state index < -0.39 is 35.3 Å². The number of aliphatic carboxylic acids is 1. The van der Waals surface area contributed by atoms with E-state index in [1.165, 1.54) is 19.6 Å². The van der Waals surface area contributed by atoms with E-state index in [2.05, 4.69) is 10.6 Å². The Balaban J connectivity index is 0.000000400. The summed E-state index contributed by atoms with van der Waals surface area (Å²) in [6, 6.07) is 20.0. The van der Waals surface area contributed by atoms with Crippen LogP contribution in [0.2, 0.25) is 0 Å². The number of esters is 3. The minimum absolute atomic E-state index is 0. The van der Waals surface area contributed by atoms with Gasteiger partial charge < -0.3 is 89.4 Å². The van der Waals surface area contributed by atoms with E-state index in [9.17, 15) is 65.5 Å². The standard InChI is InChI=1S/C24H33FN2O6.C20H25FN2O6.2C19H25FN2O4.2ClH/c1-5-6-11-31-21(28)15-27-10-9-18-12-19(7-8-20(18)22(27)29)32-16-17(13-25)14-26-23(30)33-24(2,3)4;1-20(2,3)29-19(27)22-10-13(9-21)12-28-15-4-5-16-14(8-15)6-7-23(18(16)26)11-17(24)25;2*1-2-3-8-25-18(23)12-22-7-6-15-9-16(4-5-17(15)19(22)24)26-13-14(10-20)11-21;;/h7-8,12-13H,5-6,9-11,14-16H2,1-4H3,(H,26,30);4-5,8-9H,6-7,10-12H2,1-3H3,(H,22,27)(H,24,25);2*4-5,9-10H,2-3,6-8,11-13,21H2,1H3;2*1H/b17-13+;13-9+;2*14-10+;;. The molecule has 0 aromatic heterocycles. The van der Waals surface area contributed by atoms with Gasteiger partial charge in [-0.2, -0.15) is 0 Å². The molecule has 0 bridgehead atoms. The van der Waals surface area contributed by atoms with E-state index in [0.29, 0.717) is 153 Å². The largest absolute Gasteiger partial charge is 0.489 e. The minimum atomic E-state index is -1.06. The predicted molar refractivity (Wildman–Crippen MR) is 429 cm³/mol. The number of carbonyl (C=O) groups excluding carboxylic acids is 9. The van der Waals surface area contributed by atoms with Crippen LogP contribution in [0.3, 0.4) is 0 Å². The number of hydrogen-bond donors (Lipinski definition) is 5. The van der Waals surface area contributed by atoms with Crippen LogP contribution in [-0.2, 0) is 68.5 Å². The van der Waals surface area contributed by atoms with Gasteiger partial charge in [0, 0.05) is 96.9 Å². The van der Waals surface area contributed by atoms with Gasteiger partial charge in [0.05, 0.1) is 45.1 Å². The highest BCUT2D eigenvalue weighted by Gasteiger charge is 2.32. The van der Waals surface area contributed by atoms with Crippen molar-refractivity contribution in [2.45, 2.75) is 138 Å². The molecule has 0 radical (unpaired) electrons. The van der Waals surface area contributed by atoms with Crippen molar-refractivity contribution in [3.05, 3.63) is 165 Å². The maximum Gasteiger partial charge on any atom is 0.407 e. The number of halogens is 6. The number of carboxylic acid groups (broad SMARTS) is 1. The zero-order valence-electron chi connectivity index (χ0n) is 67.2. The molecule has 0 unspecified atom stereocenters. The Morgan fingerprint density at radius 1 is 0.422 bits per heavy atom. The Morgan fingerprint density at radius 2 is 0.672 bits per heavy atom. The second-order valence-corrected chi connectivity index (χ2v) is 28.6. The second-order valence-electron chi connectivity index (χ2n) is 28.6. The van der Waals surface area contributed by atoms with Crippen LogP contribution in [0.5, 0.6) is 23.0 Å². The maximum atomic E-state index is 13.2. The van der Waals surface area contributed by atoms with Crippen LogP contribution in [0.25, 0.3) is 0 Å². The van der Waals surface area contributed by atoms with Crippen molar-refractivity contribution < 1.29 is 113 Å². The molecule has 640 valence electrons. The lowest BCUT2D eigenvalue weighted by molar-refractivity contribution is -0.145. The minimum Gasteiger partial charge on any atom is -0.489 e. The van der Waals surface area contributed by atoms with Crippen LogP contribution in [0, 0.1) is 0 Å². The first-order valence-electron chi connectivity index (χ1n) is 37.7. The van der Waals surface area contributed by atoms with Crippen molar-refractivity contribution in [3.63, 3.8) is 0 Å². The molecule has 34 heteroatoms. The fraction of sp³-hybridized carbons (Fsp3) is 0.488. The number of unbranched alkanes of at least 4 members (excludes halogenated alkanes) is 3. The molecule has 0 spiro atoms. The van der Waals surface area contributed by atoms with Gasteiger partial charge in [0.25, 0.3) is 23.6 Å². The predicted octanol–water partition coefficient (Wildman–Crippen LogP) is 11.6. The van der Waals surface area contributed by atoms with Gasteiger partial charge in [-0.15, -0.1) is 24.8 Å². The van der Waals surface area contributed by atoms with Gasteiger partial charge in [0.2, 0.25) is 0 Å². The van der Waals surface area contributed by atoms with Gasteiger partial charge in [-0.25, -0.2) is 27.2 Å². The normalized spacial score (nSPS) is 13.9. The number of ether oxygens (including phenoxy) is 9. The zero-order valence-corrected chi connectivity index (χ0v) is 68.9. The molecule has 0 aliphatic carbocycles. The summed E-state index contributed by atoms with van der Waals surface area (Å²) >= 11 is 0. The average molecular weight is 1670 g/mol. The highest BCUT2D eigenvalue weighted by molar-refractivity contribution is 6.01. The summed E-state index contributed by atoms with van der Waals surface area (Å²) in [6.45, 7) is 18.6.